The Bertz CT molecular complexity index is 597. The molecule has 3 nitrogen and oxygen atoms in total. The molecule has 2 aromatic rings. The lowest BCUT2D eigenvalue weighted by Crippen LogP contribution is -2.35. The summed E-state index contributed by atoms with van der Waals surface area (Å²) in [5.41, 5.74) is 2.46. The van der Waals surface area contributed by atoms with Crippen molar-refractivity contribution in [2.75, 3.05) is 26.3 Å². The smallest absolute Gasteiger partial charge is 0.120 e. The van der Waals surface area contributed by atoms with Crippen molar-refractivity contribution in [2.24, 2.45) is 0 Å². The molecule has 2 aromatic carbocycles. The fourth-order valence-electron chi connectivity index (χ4n) is 2.49. The van der Waals surface area contributed by atoms with Gasteiger partial charge in [0.15, 0.2) is 0 Å². The third kappa shape index (κ3) is 4.32. The second kappa shape index (κ2) is 7.77. The van der Waals surface area contributed by atoms with Crippen LogP contribution in [0, 0.1) is 0 Å². The number of morpholine rings is 1. The summed E-state index contributed by atoms with van der Waals surface area (Å²) in [6.07, 6.45) is 0. The highest BCUT2D eigenvalue weighted by Crippen LogP contribution is 2.25. The second-order valence-corrected chi connectivity index (χ2v) is 6.27. The van der Waals surface area contributed by atoms with Gasteiger partial charge in [-0.3, -0.25) is 4.90 Å². The molecule has 0 aliphatic carbocycles. The summed E-state index contributed by atoms with van der Waals surface area (Å²) in [5.74, 6) is 0.890. The van der Waals surface area contributed by atoms with Gasteiger partial charge in [-0.2, -0.15) is 0 Å². The Kier molecular flexibility index (Phi) is 5.48. The predicted octanol–water partition coefficient (Wildman–Crippen LogP) is 3.86. The van der Waals surface area contributed by atoms with Gasteiger partial charge in [0.2, 0.25) is 0 Å². The highest BCUT2D eigenvalue weighted by Gasteiger charge is 2.12. The highest BCUT2D eigenvalue weighted by atomic mass is 79.9. The van der Waals surface area contributed by atoms with Crippen molar-refractivity contribution in [3.8, 4) is 5.75 Å². The number of ether oxygens (including phenoxy) is 2. The summed E-state index contributed by atoms with van der Waals surface area (Å²) >= 11 is 3.66. The fraction of sp³-hybridized carbons (Fsp3) is 0.333. The molecule has 0 saturated carbocycles. The number of halogens is 1. The van der Waals surface area contributed by atoms with E-state index in [0.29, 0.717) is 6.61 Å². The maximum absolute atomic E-state index is 5.85. The molecule has 3 rings (SSSR count). The topological polar surface area (TPSA) is 21.7 Å². The molecular weight excluding hydrogens is 342 g/mol. The molecule has 0 unspecified atom stereocenters. The van der Waals surface area contributed by atoms with Gasteiger partial charge in [-0.15, -0.1) is 0 Å². The lowest BCUT2D eigenvalue weighted by molar-refractivity contribution is 0.0341. The highest BCUT2D eigenvalue weighted by molar-refractivity contribution is 9.10. The van der Waals surface area contributed by atoms with Crippen LogP contribution in [0.4, 0.5) is 0 Å². The summed E-state index contributed by atoms with van der Waals surface area (Å²) in [6.45, 7) is 5.20. The van der Waals surface area contributed by atoms with Crippen LogP contribution in [-0.2, 0) is 17.9 Å². The quantitative estimate of drug-likeness (QED) is 0.806. The maximum Gasteiger partial charge on any atom is 0.120 e. The Labute approximate surface area is 140 Å². The average Bonchev–Trinajstić information content (AvgIpc) is 2.57. The van der Waals surface area contributed by atoms with Gasteiger partial charge in [0, 0.05) is 24.1 Å². The van der Waals surface area contributed by atoms with Gasteiger partial charge in [-0.1, -0.05) is 52.3 Å². The summed E-state index contributed by atoms with van der Waals surface area (Å²) in [4.78, 5) is 2.41. The van der Waals surface area contributed by atoms with Crippen molar-refractivity contribution in [1.29, 1.82) is 0 Å². The molecular formula is C18H20BrNO2. The minimum Gasteiger partial charge on any atom is -0.489 e. The monoisotopic (exact) mass is 361 g/mol. The van der Waals surface area contributed by atoms with Crippen LogP contribution in [-0.4, -0.2) is 31.2 Å². The first-order valence-electron chi connectivity index (χ1n) is 7.56. The number of nitrogens with zero attached hydrogens (tertiary/aromatic N) is 1. The minimum absolute atomic E-state index is 0.593. The zero-order valence-electron chi connectivity index (χ0n) is 12.5. The van der Waals surface area contributed by atoms with E-state index in [1.807, 2.05) is 24.3 Å². The van der Waals surface area contributed by atoms with Crippen molar-refractivity contribution in [2.45, 2.75) is 13.2 Å². The summed E-state index contributed by atoms with van der Waals surface area (Å²) in [6, 6.07) is 16.5. The first kappa shape index (κ1) is 15.5. The Morgan fingerprint density at radius 1 is 1.05 bits per heavy atom. The van der Waals surface area contributed by atoms with E-state index in [2.05, 4.69) is 45.1 Å². The van der Waals surface area contributed by atoms with Gasteiger partial charge in [-0.25, -0.2) is 0 Å². The molecule has 1 heterocycles. The van der Waals surface area contributed by atoms with Crippen molar-refractivity contribution >= 4 is 15.9 Å². The summed E-state index contributed by atoms with van der Waals surface area (Å²) < 4.78 is 12.3. The molecule has 0 N–H and O–H groups in total. The molecule has 0 atom stereocenters. The van der Waals surface area contributed by atoms with E-state index in [-0.39, 0.29) is 0 Å². The van der Waals surface area contributed by atoms with E-state index >= 15 is 0 Å². The van der Waals surface area contributed by atoms with Gasteiger partial charge in [0.25, 0.3) is 0 Å². The predicted molar refractivity (Wildman–Crippen MR) is 91.0 cm³/mol. The number of rotatable bonds is 5. The van der Waals surface area contributed by atoms with Crippen LogP contribution in [0.2, 0.25) is 0 Å². The van der Waals surface area contributed by atoms with Crippen LogP contribution < -0.4 is 4.74 Å². The van der Waals surface area contributed by atoms with Crippen molar-refractivity contribution in [1.82, 2.24) is 4.90 Å². The first-order valence-corrected chi connectivity index (χ1v) is 8.36. The van der Waals surface area contributed by atoms with Crippen molar-refractivity contribution in [3.63, 3.8) is 0 Å². The molecule has 0 bridgehead atoms. The Morgan fingerprint density at radius 2 is 1.82 bits per heavy atom. The standard InChI is InChI=1S/C18H20BrNO2/c19-18-12-17(22-14-15-4-2-1-3-5-15)7-6-16(18)13-20-8-10-21-11-9-20/h1-7,12H,8-11,13-14H2. The molecule has 1 aliphatic rings. The van der Waals surface area contributed by atoms with E-state index in [1.165, 1.54) is 11.1 Å². The number of hydrogen-bond acceptors (Lipinski definition) is 3. The van der Waals surface area contributed by atoms with Crippen LogP contribution in [0.25, 0.3) is 0 Å². The SMILES string of the molecule is Brc1cc(OCc2ccccc2)ccc1CN1CCOCC1. The lowest BCUT2D eigenvalue weighted by atomic mass is 10.2. The van der Waals surface area contributed by atoms with E-state index < -0.39 is 0 Å². The fourth-order valence-corrected chi connectivity index (χ4v) is 2.97. The normalized spacial score (nSPS) is 15.7. The lowest BCUT2D eigenvalue weighted by Gasteiger charge is -2.27. The van der Waals surface area contributed by atoms with Gasteiger partial charge >= 0.3 is 0 Å². The van der Waals surface area contributed by atoms with Gasteiger partial charge in [0.05, 0.1) is 13.2 Å². The third-order valence-electron chi connectivity index (χ3n) is 3.77. The average molecular weight is 362 g/mol. The molecule has 0 spiro atoms. The maximum atomic E-state index is 5.85. The van der Waals surface area contributed by atoms with Crippen LogP contribution in [0.1, 0.15) is 11.1 Å². The molecule has 0 amide bonds. The van der Waals surface area contributed by atoms with Crippen LogP contribution in [0.15, 0.2) is 53.0 Å². The van der Waals surface area contributed by atoms with Crippen molar-refractivity contribution < 1.29 is 9.47 Å². The molecule has 116 valence electrons. The van der Waals surface area contributed by atoms with Gasteiger partial charge in [-0.05, 0) is 23.3 Å². The molecule has 1 fully saturated rings. The molecule has 4 heteroatoms. The zero-order chi connectivity index (χ0) is 15.2. The Balaban J connectivity index is 1.59. The zero-order valence-corrected chi connectivity index (χ0v) is 14.1. The van der Waals surface area contributed by atoms with E-state index in [4.69, 9.17) is 9.47 Å². The van der Waals surface area contributed by atoms with Crippen LogP contribution in [0.3, 0.4) is 0 Å². The van der Waals surface area contributed by atoms with Crippen LogP contribution >= 0.6 is 15.9 Å². The number of hydrogen-bond donors (Lipinski definition) is 0. The third-order valence-corrected chi connectivity index (χ3v) is 4.51. The molecule has 1 aliphatic heterocycles. The second-order valence-electron chi connectivity index (χ2n) is 5.42. The Hall–Kier alpha value is -1.36. The largest absolute Gasteiger partial charge is 0.489 e. The van der Waals surface area contributed by atoms with E-state index in [0.717, 1.165) is 43.1 Å². The molecule has 1 saturated heterocycles. The summed E-state index contributed by atoms with van der Waals surface area (Å²) in [5, 5.41) is 0. The number of benzene rings is 2. The molecule has 22 heavy (non-hydrogen) atoms. The molecule has 0 radical (unpaired) electrons. The molecule has 0 aromatic heterocycles. The van der Waals surface area contributed by atoms with E-state index in [1.54, 1.807) is 0 Å². The van der Waals surface area contributed by atoms with Gasteiger partial charge in [0.1, 0.15) is 12.4 Å². The van der Waals surface area contributed by atoms with E-state index in [9.17, 15) is 0 Å². The minimum atomic E-state index is 0.593. The summed E-state index contributed by atoms with van der Waals surface area (Å²) in [7, 11) is 0. The van der Waals surface area contributed by atoms with Gasteiger partial charge < -0.3 is 9.47 Å². The first-order chi connectivity index (χ1) is 10.8. The van der Waals surface area contributed by atoms with Crippen LogP contribution in [0.5, 0.6) is 5.75 Å². The van der Waals surface area contributed by atoms with Crippen molar-refractivity contribution in [3.05, 3.63) is 64.1 Å². The Morgan fingerprint density at radius 3 is 2.55 bits per heavy atom.